The maximum atomic E-state index is 14.7. The Morgan fingerprint density at radius 1 is 0.732 bits per heavy atom. The van der Waals surface area contributed by atoms with Gasteiger partial charge >= 0.3 is 0 Å². The van der Waals surface area contributed by atoms with Crippen molar-refractivity contribution in [2.75, 3.05) is 26.2 Å². The lowest BCUT2D eigenvalue weighted by Gasteiger charge is -2.62. The van der Waals surface area contributed by atoms with Crippen LogP contribution >= 0.6 is 0 Å². The van der Waals surface area contributed by atoms with Gasteiger partial charge in [0, 0.05) is 118 Å². The van der Waals surface area contributed by atoms with Gasteiger partial charge in [-0.15, -0.1) is 24.7 Å². The highest BCUT2D eigenvalue weighted by molar-refractivity contribution is 5.75. The van der Waals surface area contributed by atoms with Crippen LogP contribution in [-0.2, 0) is 30.7 Å². The number of rotatable bonds is 18. The highest BCUT2D eigenvalue weighted by atomic mass is 16.2. The van der Waals surface area contributed by atoms with Crippen molar-refractivity contribution in [3.8, 4) is 24.7 Å². The predicted octanol–water partition coefficient (Wildman–Crippen LogP) is 5.32. The van der Waals surface area contributed by atoms with Gasteiger partial charge in [-0.05, 0) is 106 Å². The first-order valence-corrected chi connectivity index (χ1v) is 21.2. The summed E-state index contributed by atoms with van der Waals surface area (Å²) in [7, 11) is 0. The smallest absolute Gasteiger partial charge is 0.253 e. The summed E-state index contributed by atoms with van der Waals surface area (Å²) >= 11 is 0. The molecule has 0 bridgehead atoms. The standard InChI is InChI=1S/C46H71N7O3/c1-12-18-41-22-14-24-47-45(41,32-39-20-16-26-49(43(39)55)28-30-51(34(3)4)35(5)6)53(38(11)54)46(42(19-13-2)23-15-25-48-46)33-40-21-17-27-50(44(40)56)29-31-52(36(7)8)37(9)10/h1-2,16-17,20-21,26-27,34-37,41-42,47-48H,14-15,18-19,22-25,28-33H2,3-11H3/t41?,42?,45-,46?/m1/s1. The second kappa shape index (κ2) is 20.1. The van der Waals surface area contributed by atoms with Crippen molar-refractivity contribution in [3.05, 3.63) is 68.5 Å². The Morgan fingerprint density at radius 2 is 1.11 bits per heavy atom. The molecular weight excluding hydrogens is 699 g/mol. The maximum absolute atomic E-state index is 14.7. The van der Waals surface area contributed by atoms with Crippen LogP contribution in [0.2, 0.25) is 0 Å². The highest BCUT2D eigenvalue weighted by Crippen LogP contribution is 2.44. The van der Waals surface area contributed by atoms with Crippen LogP contribution in [-0.4, -0.2) is 91.4 Å². The van der Waals surface area contributed by atoms with E-state index in [2.05, 4.69) is 87.7 Å². The van der Waals surface area contributed by atoms with Gasteiger partial charge in [0.15, 0.2) is 0 Å². The molecule has 0 saturated carbocycles. The molecule has 0 spiro atoms. The molecule has 2 aromatic rings. The lowest BCUT2D eigenvalue weighted by Crippen LogP contribution is -2.80. The van der Waals surface area contributed by atoms with E-state index < -0.39 is 11.3 Å². The molecule has 3 unspecified atom stereocenters. The van der Waals surface area contributed by atoms with Crippen LogP contribution in [0.4, 0.5) is 0 Å². The Balaban J connectivity index is 1.89. The summed E-state index contributed by atoms with van der Waals surface area (Å²) in [4.78, 5) is 50.4. The molecule has 2 aromatic heterocycles. The normalized spacial score (nSPS) is 22.9. The minimum absolute atomic E-state index is 0.0664. The minimum Gasteiger partial charge on any atom is -0.314 e. The maximum Gasteiger partial charge on any atom is 0.253 e. The van der Waals surface area contributed by atoms with Gasteiger partial charge in [0.1, 0.15) is 11.3 Å². The van der Waals surface area contributed by atoms with E-state index in [9.17, 15) is 14.4 Å². The SMILES string of the molecule is C#CCC1CCCNC1(Cc1cccn(CCN(C(C)C)C(C)C)c1=O)N(C(C)=O)[C@@]1(Cc2cccn(CCN(C(C)C)C(C)C)c2=O)NCCCC1CC#C. The van der Waals surface area contributed by atoms with E-state index in [0.29, 0.717) is 74.3 Å². The van der Waals surface area contributed by atoms with Gasteiger partial charge < -0.3 is 14.0 Å². The number of hydrogen-bond acceptors (Lipinski definition) is 7. The summed E-state index contributed by atoms with van der Waals surface area (Å²) in [5, 5.41) is 7.69. The molecule has 4 rings (SSSR count). The monoisotopic (exact) mass is 770 g/mol. The van der Waals surface area contributed by atoms with Crippen LogP contribution in [0.15, 0.2) is 46.2 Å². The molecule has 10 nitrogen and oxygen atoms in total. The van der Waals surface area contributed by atoms with Crippen molar-refractivity contribution in [2.24, 2.45) is 11.8 Å². The van der Waals surface area contributed by atoms with Crippen LogP contribution in [0.5, 0.6) is 0 Å². The fourth-order valence-electron chi connectivity index (χ4n) is 9.96. The second-order valence-electron chi connectivity index (χ2n) is 17.3. The molecule has 2 saturated heterocycles. The van der Waals surface area contributed by atoms with E-state index in [4.69, 9.17) is 12.8 Å². The topological polar surface area (TPSA) is 94.8 Å². The third kappa shape index (κ3) is 10.1. The fourth-order valence-corrected chi connectivity index (χ4v) is 9.96. The van der Waals surface area contributed by atoms with Crippen molar-refractivity contribution in [1.82, 2.24) is 34.5 Å². The van der Waals surface area contributed by atoms with Gasteiger partial charge in [-0.3, -0.25) is 34.8 Å². The highest BCUT2D eigenvalue weighted by Gasteiger charge is 2.57. The van der Waals surface area contributed by atoms with Crippen LogP contribution in [0, 0.1) is 36.5 Å². The van der Waals surface area contributed by atoms with Crippen LogP contribution in [0.25, 0.3) is 0 Å². The number of aromatic nitrogens is 2. The van der Waals surface area contributed by atoms with Gasteiger partial charge in [-0.1, -0.05) is 12.1 Å². The number of carbonyl (C=O) groups is 1. The van der Waals surface area contributed by atoms with Crippen LogP contribution in [0.3, 0.4) is 0 Å². The van der Waals surface area contributed by atoms with Crippen molar-refractivity contribution in [1.29, 1.82) is 0 Å². The Morgan fingerprint density at radius 3 is 1.43 bits per heavy atom. The van der Waals surface area contributed by atoms with Gasteiger partial charge in [0.2, 0.25) is 5.91 Å². The first kappa shape index (κ1) is 45.0. The minimum atomic E-state index is -1.03. The molecule has 56 heavy (non-hydrogen) atoms. The third-order valence-electron chi connectivity index (χ3n) is 12.5. The zero-order valence-electron chi connectivity index (χ0n) is 35.9. The van der Waals surface area contributed by atoms with Crippen LogP contribution in [0.1, 0.15) is 112 Å². The summed E-state index contributed by atoms with van der Waals surface area (Å²) in [6, 6.07) is 9.06. The molecule has 10 heteroatoms. The van der Waals surface area contributed by atoms with Crippen molar-refractivity contribution >= 4 is 5.91 Å². The van der Waals surface area contributed by atoms with E-state index in [1.54, 1.807) is 16.1 Å². The molecular formula is C46H71N7O3. The zero-order chi connectivity index (χ0) is 41.2. The average molecular weight is 770 g/mol. The number of amides is 1. The first-order chi connectivity index (χ1) is 26.6. The van der Waals surface area contributed by atoms with E-state index in [1.807, 2.05) is 41.6 Å². The molecule has 4 heterocycles. The van der Waals surface area contributed by atoms with Crippen LogP contribution < -0.4 is 21.8 Å². The number of nitrogens with zero attached hydrogens (tertiary/aromatic N) is 5. The number of carbonyl (C=O) groups excluding carboxylic acids is 1. The third-order valence-corrected chi connectivity index (χ3v) is 12.5. The molecule has 2 fully saturated rings. The molecule has 308 valence electrons. The van der Waals surface area contributed by atoms with Crippen molar-refractivity contribution < 1.29 is 4.79 Å². The predicted molar refractivity (Wildman–Crippen MR) is 229 cm³/mol. The fraction of sp³-hybridized carbons (Fsp3) is 0.674. The lowest BCUT2D eigenvalue weighted by molar-refractivity contribution is -0.170. The summed E-state index contributed by atoms with van der Waals surface area (Å²) in [5.74, 6) is 5.39. The lowest BCUT2D eigenvalue weighted by atomic mass is 9.71. The largest absolute Gasteiger partial charge is 0.314 e. The molecule has 1 amide bonds. The molecule has 2 N–H and O–H groups in total. The number of pyridine rings is 2. The van der Waals surface area contributed by atoms with E-state index in [-0.39, 0.29) is 41.7 Å². The summed E-state index contributed by atoms with van der Waals surface area (Å²) in [6.07, 6.45) is 20.7. The summed E-state index contributed by atoms with van der Waals surface area (Å²) in [6.45, 7) is 22.9. The average Bonchev–Trinajstić information content (AvgIpc) is 3.13. The van der Waals surface area contributed by atoms with Gasteiger partial charge in [0.25, 0.3) is 11.1 Å². The quantitative estimate of drug-likeness (QED) is 0.199. The van der Waals surface area contributed by atoms with Crippen molar-refractivity contribution in [2.45, 2.75) is 162 Å². The summed E-state index contributed by atoms with van der Waals surface area (Å²) < 4.78 is 3.61. The molecule has 0 aromatic carbocycles. The second-order valence-corrected chi connectivity index (χ2v) is 17.3. The Labute approximate surface area is 337 Å². The van der Waals surface area contributed by atoms with E-state index in [0.717, 1.165) is 38.8 Å². The molecule has 4 atom stereocenters. The number of terminal acetylenes is 2. The summed E-state index contributed by atoms with van der Waals surface area (Å²) in [5.41, 5.74) is -0.950. The molecule has 2 aliphatic rings. The number of piperidine rings is 2. The number of hydrogen-bond donors (Lipinski definition) is 2. The molecule has 2 aliphatic heterocycles. The van der Waals surface area contributed by atoms with Crippen molar-refractivity contribution in [3.63, 3.8) is 0 Å². The zero-order valence-corrected chi connectivity index (χ0v) is 35.9. The Bertz CT molecular complexity index is 1660. The van der Waals surface area contributed by atoms with E-state index in [1.165, 1.54) is 0 Å². The molecule has 0 radical (unpaired) electrons. The molecule has 0 aliphatic carbocycles. The van der Waals surface area contributed by atoms with E-state index >= 15 is 0 Å². The number of nitrogens with one attached hydrogen (secondary N) is 2. The van der Waals surface area contributed by atoms with Gasteiger partial charge in [-0.25, -0.2) is 0 Å². The Kier molecular flexibility index (Phi) is 16.2. The Hall–Kier alpha value is -3.67. The first-order valence-electron chi connectivity index (χ1n) is 21.2. The van der Waals surface area contributed by atoms with Gasteiger partial charge in [-0.2, -0.15) is 0 Å². The van der Waals surface area contributed by atoms with Gasteiger partial charge in [0.05, 0.1) is 0 Å².